The van der Waals surface area contributed by atoms with Gasteiger partial charge < -0.3 is 5.73 Å². The molecule has 0 spiro atoms. The fourth-order valence-electron chi connectivity index (χ4n) is 0.815. The first-order chi connectivity index (χ1) is 5.24. The fourth-order valence-corrected chi connectivity index (χ4v) is 1.000. The van der Waals surface area contributed by atoms with E-state index in [2.05, 4.69) is 0 Å². The highest BCUT2D eigenvalue weighted by molar-refractivity contribution is 6.31. The Labute approximate surface area is 70.2 Å². The number of hydrogen-bond donors (Lipinski definition) is 1. The van der Waals surface area contributed by atoms with Crippen molar-refractivity contribution in [1.29, 1.82) is 5.26 Å². The monoisotopic (exact) mass is 166 g/mol. The van der Waals surface area contributed by atoms with Gasteiger partial charge in [0.15, 0.2) is 0 Å². The Morgan fingerprint density at radius 3 is 2.91 bits per heavy atom. The molecule has 0 aromatic heterocycles. The Kier molecular flexibility index (Phi) is 2.35. The topological polar surface area (TPSA) is 49.8 Å². The van der Waals surface area contributed by atoms with Crippen molar-refractivity contribution in [3.05, 3.63) is 28.8 Å². The molecule has 1 rings (SSSR count). The number of halogens is 1. The maximum atomic E-state index is 8.39. The van der Waals surface area contributed by atoms with Crippen LogP contribution in [0.1, 0.15) is 5.56 Å². The zero-order chi connectivity index (χ0) is 8.27. The predicted molar refractivity (Wildman–Crippen MR) is 45.2 cm³/mol. The molecule has 0 heterocycles. The van der Waals surface area contributed by atoms with E-state index in [1.165, 1.54) is 0 Å². The average molecular weight is 167 g/mol. The van der Waals surface area contributed by atoms with Crippen LogP contribution in [0.15, 0.2) is 18.2 Å². The van der Waals surface area contributed by atoms with Crippen LogP contribution in [-0.4, -0.2) is 0 Å². The first-order valence-electron chi connectivity index (χ1n) is 3.15. The van der Waals surface area contributed by atoms with Gasteiger partial charge in [-0.3, -0.25) is 0 Å². The summed E-state index contributed by atoms with van der Waals surface area (Å²) >= 11 is 5.77. The van der Waals surface area contributed by atoms with E-state index in [1.807, 2.05) is 6.07 Å². The van der Waals surface area contributed by atoms with Gasteiger partial charge in [0.1, 0.15) is 0 Å². The maximum Gasteiger partial charge on any atom is 0.0670 e. The van der Waals surface area contributed by atoms with Crippen LogP contribution < -0.4 is 5.73 Å². The summed E-state index contributed by atoms with van der Waals surface area (Å²) in [6.45, 7) is 0. The molecule has 0 aliphatic rings. The summed E-state index contributed by atoms with van der Waals surface area (Å²) in [7, 11) is 0. The zero-order valence-corrected chi connectivity index (χ0v) is 6.60. The number of hydrogen-bond acceptors (Lipinski definition) is 2. The molecule has 0 saturated heterocycles. The van der Waals surface area contributed by atoms with Crippen LogP contribution >= 0.6 is 11.6 Å². The van der Waals surface area contributed by atoms with E-state index >= 15 is 0 Å². The Balaban J connectivity index is 3.05. The van der Waals surface area contributed by atoms with Crippen LogP contribution in [0.4, 0.5) is 5.69 Å². The van der Waals surface area contributed by atoms with Crippen molar-refractivity contribution < 1.29 is 0 Å². The Morgan fingerprint density at radius 2 is 2.27 bits per heavy atom. The fraction of sp³-hybridized carbons (Fsp3) is 0.125. The van der Waals surface area contributed by atoms with Crippen LogP contribution in [0.5, 0.6) is 0 Å². The molecule has 0 amide bonds. The van der Waals surface area contributed by atoms with E-state index in [1.54, 1.807) is 18.2 Å². The number of rotatable bonds is 1. The minimum Gasteiger partial charge on any atom is -0.399 e. The molecular formula is C8H7ClN2. The van der Waals surface area contributed by atoms with Gasteiger partial charge in [0.25, 0.3) is 0 Å². The van der Waals surface area contributed by atoms with Crippen molar-refractivity contribution in [3.63, 3.8) is 0 Å². The van der Waals surface area contributed by atoms with Gasteiger partial charge in [-0.25, -0.2) is 0 Å². The summed E-state index contributed by atoms with van der Waals surface area (Å²) in [5.41, 5.74) is 6.91. The molecule has 0 bridgehead atoms. The molecule has 0 aliphatic carbocycles. The highest BCUT2D eigenvalue weighted by Gasteiger charge is 1.98. The van der Waals surface area contributed by atoms with Crippen LogP contribution in [0.25, 0.3) is 0 Å². The van der Waals surface area contributed by atoms with E-state index in [0.29, 0.717) is 17.1 Å². The molecule has 0 atom stereocenters. The maximum absolute atomic E-state index is 8.39. The zero-order valence-electron chi connectivity index (χ0n) is 5.84. The largest absolute Gasteiger partial charge is 0.399 e. The molecule has 1 aromatic rings. The number of nitrogens with two attached hydrogens (primary N) is 1. The first kappa shape index (κ1) is 7.90. The van der Waals surface area contributed by atoms with Gasteiger partial charge in [0.2, 0.25) is 0 Å². The van der Waals surface area contributed by atoms with Crippen molar-refractivity contribution in [2.24, 2.45) is 0 Å². The lowest BCUT2D eigenvalue weighted by Gasteiger charge is -1.99. The van der Waals surface area contributed by atoms with Gasteiger partial charge in [0.05, 0.1) is 12.5 Å². The molecular weight excluding hydrogens is 160 g/mol. The van der Waals surface area contributed by atoms with Crippen LogP contribution in [-0.2, 0) is 6.42 Å². The smallest absolute Gasteiger partial charge is 0.0670 e. The Hall–Kier alpha value is -1.20. The van der Waals surface area contributed by atoms with E-state index in [9.17, 15) is 0 Å². The summed E-state index contributed by atoms with van der Waals surface area (Å²) < 4.78 is 0. The van der Waals surface area contributed by atoms with Gasteiger partial charge >= 0.3 is 0 Å². The highest BCUT2D eigenvalue weighted by Crippen LogP contribution is 2.18. The van der Waals surface area contributed by atoms with Gasteiger partial charge in [-0.2, -0.15) is 5.26 Å². The van der Waals surface area contributed by atoms with Crippen molar-refractivity contribution in [3.8, 4) is 6.07 Å². The standard InChI is InChI=1S/C8H7ClN2/c9-8-2-1-7(11)5-6(8)3-4-10/h1-2,5H,3,11H2. The van der Waals surface area contributed by atoms with E-state index in [0.717, 1.165) is 5.56 Å². The molecule has 0 unspecified atom stereocenters. The molecule has 11 heavy (non-hydrogen) atoms. The second-order valence-electron chi connectivity index (χ2n) is 2.19. The summed E-state index contributed by atoms with van der Waals surface area (Å²) in [6, 6.07) is 7.14. The third kappa shape index (κ3) is 1.86. The molecule has 0 fully saturated rings. The van der Waals surface area contributed by atoms with E-state index in [-0.39, 0.29) is 0 Å². The molecule has 56 valence electrons. The average Bonchev–Trinajstić information content (AvgIpc) is 1.98. The second-order valence-corrected chi connectivity index (χ2v) is 2.59. The van der Waals surface area contributed by atoms with E-state index in [4.69, 9.17) is 22.6 Å². The third-order valence-corrected chi connectivity index (χ3v) is 1.71. The molecule has 2 nitrogen and oxygen atoms in total. The molecule has 2 N–H and O–H groups in total. The molecule has 0 aliphatic heterocycles. The predicted octanol–water partition coefficient (Wildman–Crippen LogP) is 1.99. The lowest BCUT2D eigenvalue weighted by molar-refractivity contribution is 1.26. The highest BCUT2D eigenvalue weighted by atomic mass is 35.5. The first-order valence-corrected chi connectivity index (χ1v) is 3.52. The van der Waals surface area contributed by atoms with E-state index < -0.39 is 0 Å². The van der Waals surface area contributed by atoms with Crippen LogP contribution in [0.3, 0.4) is 0 Å². The number of nitriles is 1. The number of anilines is 1. The van der Waals surface area contributed by atoms with Crippen molar-refractivity contribution in [1.82, 2.24) is 0 Å². The van der Waals surface area contributed by atoms with Crippen molar-refractivity contribution in [2.75, 3.05) is 5.73 Å². The van der Waals surface area contributed by atoms with Crippen LogP contribution in [0, 0.1) is 11.3 Å². The van der Waals surface area contributed by atoms with Crippen LogP contribution in [0.2, 0.25) is 5.02 Å². The minimum absolute atomic E-state index is 0.309. The van der Waals surface area contributed by atoms with Gasteiger partial charge in [-0.15, -0.1) is 0 Å². The van der Waals surface area contributed by atoms with Gasteiger partial charge in [-0.05, 0) is 23.8 Å². The Morgan fingerprint density at radius 1 is 1.55 bits per heavy atom. The lowest BCUT2D eigenvalue weighted by Crippen LogP contribution is -1.88. The second kappa shape index (κ2) is 3.27. The summed E-state index contributed by atoms with van der Waals surface area (Å²) in [5, 5.41) is 8.98. The molecule has 3 heteroatoms. The van der Waals surface area contributed by atoms with Gasteiger partial charge in [0, 0.05) is 10.7 Å². The van der Waals surface area contributed by atoms with Crippen molar-refractivity contribution in [2.45, 2.75) is 6.42 Å². The van der Waals surface area contributed by atoms with Gasteiger partial charge in [-0.1, -0.05) is 11.6 Å². The summed E-state index contributed by atoms with van der Waals surface area (Å²) in [5.74, 6) is 0. The summed E-state index contributed by atoms with van der Waals surface area (Å²) in [4.78, 5) is 0. The molecule has 0 saturated carbocycles. The Bertz CT molecular complexity index is 301. The SMILES string of the molecule is N#CCc1cc(N)ccc1Cl. The normalized spacial score (nSPS) is 9.09. The third-order valence-electron chi connectivity index (χ3n) is 1.34. The molecule has 1 aromatic carbocycles. The lowest BCUT2D eigenvalue weighted by atomic mass is 10.1. The summed E-state index contributed by atoms with van der Waals surface area (Å²) in [6.07, 6.45) is 0.309. The minimum atomic E-state index is 0.309. The number of nitrogen functional groups attached to an aromatic ring is 1. The molecule has 0 radical (unpaired) electrons. The van der Waals surface area contributed by atoms with Crippen molar-refractivity contribution >= 4 is 17.3 Å². The number of nitrogens with zero attached hydrogens (tertiary/aromatic N) is 1. The quantitative estimate of drug-likeness (QED) is 0.649. The number of benzene rings is 1.